The van der Waals surface area contributed by atoms with Gasteiger partial charge in [0.1, 0.15) is 11.5 Å². The molecule has 16 heavy (non-hydrogen) atoms. The van der Waals surface area contributed by atoms with Gasteiger partial charge in [0.15, 0.2) is 0 Å². The van der Waals surface area contributed by atoms with Gasteiger partial charge in [0.2, 0.25) is 0 Å². The second-order valence-corrected chi connectivity index (χ2v) is 4.27. The molecule has 3 nitrogen and oxygen atoms in total. The molecule has 0 unspecified atom stereocenters. The van der Waals surface area contributed by atoms with Gasteiger partial charge in [-0.3, -0.25) is 9.69 Å². The fourth-order valence-corrected chi connectivity index (χ4v) is 1.79. The molecule has 1 aromatic rings. The highest BCUT2D eigenvalue weighted by Crippen LogP contribution is 2.23. The average Bonchev–Trinajstić information content (AvgIpc) is 2.16. The summed E-state index contributed by atoms with van der Waals surface area (Å²) in [5.74, 6) is 0.934. The number of carbonyl (C=O) groups excluding carboxylic acids is 1. The Labute approximate surface area is 101 Å². The van der Waals surface area contributed by atoms with Crippen molar-refractivity contribution in [2.24, 2.45) is 0 Å². The first-order valence-corrected chi connectivity index (χ1v) is 5.41. The molecule has 0 radical (unpaired) electrons. The van der Waals surface area contributed by atoms with E-state index in [-0.39, 0.29) is 5.78 Å². The van der Waals surface area contributed by atoms with Crippen LogP contribution < -0.4 is 4.74 Å². The lowest BCUT2D eigenvalue weighted by molar-refractivity contribution is -0.117. The van der Waals surface area contributed by atoms with Crippen LogP contribution in [0.5, 0.6) is 5.75 Å². The monoisotopic (exact) mass is 241 g/mol. The summed E-state index contributed by atoms with van der Waals surface area (Å²) in [7, 11) is 3.51. The molecule has 0 aliphatic heterocycles. The number of ketones is 1. The smallest absolute Gasteiger partial charge is 0.143 e. The molecule has 0 aliphatic rings. The molecule has 0 atom stereocenters. The number of rotatable bonds is 5. The van der Waals surface area contributed by atoms with E-state index in [9.17, 15) is 4.79 Å². The highest BCUT2D eigenvalue weighted by molar-refractivity contribution is 6.30. The predicted octanol–water partition coefficient (Wildman–Crippen LogP) is 2.37. The van der Waals surface area contributed by atoms with E-state index in [4.69, 9.17) is 16.3 Å². The summed E-state index contributed by atoms with van der Waals surface area (Å²) in [6, 6.07) is 5.48. The van der Waals surface area contributed by atoms with Crippen LogP contribution in [-0.4, -0.2) is 31.4 Å². The minimum atomic E-state index is 0.142. The summed E-state index contributed by atoms with van der Waals surface area (Å²) in [6.07, 6.45) is 0. The van der Waals surface area contributed by atoms with Crippen molar-refractivity contribution in [3.63, 3.8) is 0 Å². The molecule has 0 amide bonds. The number of Topliss-reactive ketones (excluding diaryl/α,β-unsaturated/α-hetero) is 1. The second-order valence-electron chi connectivity index (χ2n) is 3.83. The van der Waals surface area contributed by atoms with Crippen molar-refractivity contribution in [1.82, 2.24) is 4.90 Å². The van der Waals surface area contributed by atoms with E-state index in [1.54, 1.807) is 20.1 Å². The fourth-order valence-electron chi connectivity index (χ4n) is 1.60. The molecule has 0 spiro atoms. The van der Waals surface area contributed by atoms with Crippen LogP contribution in [0, 0.1) is 0 Å². The molecule has 0 N–H and O–H groups in total. The van der Waals surface area contributed by atoms with Gasteiger partial charge in [-0.15, -0.1) is 0 Å². The molecule has 0 aliphatic carbocycles. The lowest BCUT2D eigenvalue weighted by Crippen LogP contribution is -2.24. The summed E-state index contributed by atoms with van der Waals surface area (Å²) in [4.78, 5) is 12.9. The number of methoxy groups -OCH3 is 1. The van der Waals surface area contributed by atoms with E-state index in [2.05, 4.69) is 0 Å². The topological polar surface area (TPSA) is 29.5 Å². The third-order valence-electron chi connectivity index (χ3n) is 2.18. The molecule has 88 valence electrons. The lowest BCUT2D eigenvalue weighted by atomic mass is 10.2. The first kappa shape index (κ1) is 13.0. The highest BCUT2D eigenvalue weighted by atomic mass is 35.5. The van der Waals surface area contributed by atoms with Gasteiger partial charge in [-0.25, -0.2) is 0 Å². The van der Waals surface area contributed by atoms with Gasteiger partial charge in [-0.1, -0.05) is 11.6 Å². The van der Waals surface area contributed by atoms with Crippen molar-refractivity contribution in [1.29, 1.82) is 0 Å². The standard InChI is InChI=1S/C12H16ClNO2/c1-9(15)7-14(2)8-10-6-11(13)4-5-12(10)16-3/h4-6H,7-8H2,1-3H3. The van der Waals surface area contributed by atoms with Crippen LogP contribution in [0.4, 0.5) is 0 Å². The van der Waals surface area contributed by atoms with Gasteiger partial charge in [0.25, 0.3) is 0 Å². The van der Waals surface area contributed by atoms with Crippen LogP contribution in [0.2, 0.25) is 5.02 Å². The van der Waals surface area contributed by atoms with Crippen molar-refractivity contribution in [3.05, 3.63) is 28.8 Å². The molecular weight excluding hydrogens is 226 g/mol. The van der Waals surface area contributed by atoms with Crippen LogP contribution in [0.1, 0.15) is 12.5 Å². The summed E-state index contributed by atoms with van der Waals surface area (Å²) >= 11 is 5.92. The number of likely N-dealkylation sites (N-methyl/N-ethyl adjacent to an activating group) is 1. The number of hydrogen-bond acceptors (Lipinski definition) is 3. The van der Waals surface area contributed by atoms with E-state index in [0.717, 1.165) is 11.3 Å². The molecule has 0 fully saturated rings. The zero-order chi connectivity index (χ0) is 12.1. The molecule has 0 heterocycles. The van der Waals surface area contributed by atoms with Gasteiger partial charge < -0.3 is 4.74 Å². The molecule has 4 heteroatoms. The zero-order valence-electron chi connectivity index (χ0n) is 9.79. The summed E-state index contributed by atoms with van der Waals surface area (Å²) in [5.41, 5.74) is 0.985. The number of ether oxygens (including phenoxy) is 1. The van der Waals surface area contributed by atoms with Crippen molar-refractivity contribution in [2.75, 3.05) is 20.7 Å². The van der Waals surface area contributed by atoms with Crippen LogP contribution >= 0.6 is 11.6 Å². The fraction of sp³-hybridized carbons (Fsp3) is 0.417. The third kappa shape index (κ3) is 3.83. The van der Waals surface area contributed by atoms with E-state index in [1.807, 2.05) is 24.1 Å². The normalized spacial score (nSPS) is 10.6. The minimum Gasteiger partial charge on any atom is -0.496 e. The molecule has 0 bridgehead atoms. The molecule has 1 rings (SSSR count). The van der Waals surface area contributed by atoms with E-state index in [1.165, 1.54) is 0 Å². The van der Waals surface area contributed by atoms with Crippen LogP contribution in [0.15, 0.2) is 18.2 Å². The highest BCUT2D eigenvalue weighted by Gasteiger charge is 2.08. The summed E-state index contributed by atoms with van der Waals surface area (Å²) in [6.45, 7) is 2.64. The SMILES string of the molecule is COc1ccc(Cl)cc1CN(C)CC(C)=O. The van der Waals surface area contributed by atoms with E-state index in [0.29, 0.717) is 18.1 Å². The van der Waals surface area contributed by atoms with Crippen molar-refractivity contribution in [2.45, 2.75) is 13.5 Å². The van der Waals surface area contributed by atoms with Crippen LogP contribution in [-0.2, 0) is 11.3 Å². The Morgan fingerprint density at radius 3 is 2.75 bits per heavy atom. The van der Waals surface area contributed by atoms with Crippen molar-refractivity contribution in [3.8, 4) is 5.75 Å². The molecule has 0 aromatic heterocycles. The Hall–Kier alpha value is -1.06. The maximum atomic E-state index is 11.0. The molecule has 1 aromatic carbocycles. The third-order valence-corrected chi connectivity index (χ3v) is 2.41. The van der Waals surface area contributed by atoms with Gasteiger partial charge in [-0.2, -0.15) is 0 Å². The largest absolute Gasteiger partial charge is 0.496 e. The number of carbonyl (C=O) groups is 1. The Morgan fingerprint density at radius 2 is 2.19 bits per heavy atom. The molecule has 0 saturated heterocycles. The van der Waals surface area contributed by atoms with Gasteiger partial charge in [0.05, 0.1) is 13.7 Å². The first-order chi connectivity index (χ1) is 7.52. The predicted molar refractivity (Wildman–Crippen MR) is 65.0 cm³/mol. The Balaban J connectivity index is 2.78. The number of benzene rings is 1. The number of nitrogens with zero attached hydrogens (tertiary/aromatic N) is 1. The Morgan fingerprint density at radius 1 is 1.50 bits per heavy atom. The van der Waals surface area contributed by atoms with Gasteiger partial charge >= 0.3 is 0 Å². The minimum absolute atomic E-state index is 0.142. The molecule has 0 saturated carbocycles. The summed E-state index contributed by atoms with van der Waals surface area (Å²) < 4.78 is 5.24. The van der Waals surface area contributed by atoms with Crippen LogP contribution in [0.3, 0.4) is 0 Å². The maximum Gasteiger partial charge on any atom is 0.143 e. The quantitative estimate of drug-likeness (QED) is 0.793. The van der Waals surface area contributed by atoms with Crippen molar-refractivity contribution < 1.29 is 9.53 Å². The number of hydrogen-bond donors (Lipinski definition) is 0. The van der Waals surface area contributed by atoms with E-state index < -0.39 is 0 Å². The first-order valence-electron chi connectivity index (χ1n) is 5.03. The van der Waals surface area contributed by atoms with Crippen molar-refractivity contribution >= 4 is 17.4 Å². The zero-order valence-corrected chi connectivity index (χ0v) is 10.5. The average molecular weight is 242 g/mol. The second kappa shape index (κ2) is 5.87. The van der Waals surface area contributed by atoms with E-state index >= 15 is 0 Å². The van der Waals surface area contributed by atoms with Gasteiger partial charge in [0, 0.05) is 17.1 Å². The molecular formula is C12H16ClNO2. The lowest BCUT2D eigenvalue weighted by Gasteiger charge is -2.17. The number of halogens is 1. The maximum absolute atomic E-state index is 11.0. The Bertz CT molecular complexity index is 379. The van der Waals surface area contributed by atoms with Crippen LogP contribution in [0.25, 0.3) is 0 Å². The Kier molecular flexibility index (Phi) is 4.77. The summed E-state index contributed by atoms with van der Waals surface area (Å²) in [5, 5.41) is 0.673. The van der Waals surface area contributed by atoms with Gasteiger partial charge in [-0.05, 0) is 32.2 Å².